The lowest BCUT2D eigenvalue weighted by atomic mass is 10.0. The molecule has 0 saturated carbocycles. The highest BCUT2D eigenvalue weighted by atomic mass is 16.5. The van der Waals surface area contributed by atoms with E-state index in [1.54, 1.807) is 0 Å². The monoisotopic (exact) mass is 1100 g/mol. The number of hydrogen-bond donors (Lipinski definition) is 3. The van der Waals surface area contributed by atoms with Gasteiger partial charge < -0.3 is 29.5 Å². The van der Waals surface area contributed by atoms with Crippen molar-refractivity contribution in [3.8, 4) is 0 Å². The molecule has 9 heteroatoms. The molecule has 0 saturated heterocycles. The summed E-state index contributed by atoms with van der Waals surface area (Å²) >= 11 is 0. The van der Waals surface area contributed by atoms with Gasteiger partial charge in [0.1, 0.15) is 0 Å². The predicted octanol–water partition coefficient (Wildman–Crippen LogP) is 20.2. The van der Waals surface area contributed by atoms with Crippen molar-refractivity contribution in [2.24, 2.45) is 0 Å². The first kappa shape index (κ1) is 73.5. The maximum absolute atomic E-state index is 13.3. The molecule has 1 aromatic carbocycles. The Morgan fingerprint density at radius 2 is 0.321 bits per heavy atom. The molecule has 1 rings (SSSR count). The molecule has 78 heavy (non-hydrogen) atoms. The zero-order valence-corrected chi connectivity index (χ0v) is 50.9. The summed E-state index contributed by atoms with van der Waals surface area (Å²) in [5, 5.41) is 26.7. The Hall–Kier alpha value is -2.49. The largest absolute Gasteiger partial charge is 0.462 e. The number of aliphatic hydroxyl groups is 3. The summed E-state index contributed by atoms with van der Waals surface area (Å²) in [5.41, 5.74) is 0.530. The van der Waals surface area contributed by atoms with Crippen molar-refractivity contribution in [1.29, 1.82) is 0 Å². The van der Waals surface area contributed by atoms with E-state index in [9.17, 15) is 14.4 Å². The van der Waals surface area contributed by atoms with Crippen LogP contribution in [0.5, 0.6) is 0 Å². The molecule has 456 valence electrons. The van der Waals surface area contributed by atoms with Gasteiger partial charge >= 0.3 is 17.9 Å². The van der Waals surface area contributed by atoms with Crippen molar-refractivity contribution in [1.82, 2.24) is 0 Å². The fourth-order valence-electron chi connectivity index (χ4n) is 10.9. The highest BCUT2D eigenvalue weighted by Gasteiger charge is 2.19. The van der Waals surface area contributed by atoms with Gasteiger partial charge in [0, 0.05) is 19.8 Å². The van der Waals surface area contributed by atoms with Gasteiger partial charge in [-0.1, -0.05) is 308 Å². The molecule has 0 aromatic heterocycles. The predicted molar refractivity (Wildman–Crippen MR) is 328 cm³/mol. The molecule has 0 radical (unpaired) electrons. The molecule has 0 fully saturated rings. The van der Waals surface area contributed by atoms with E-state index in [1.165, 1.54) is 288 Å². The number of benzene rings is 1. The van der Waals surface area contributed by atoms with Crippen molar-refractivity contribution in [2.75, 3.05) is 39.6 Å². The van der Waals surface area contributed by atoms with Crippen LogP contribution < -0.4 is 0 Å². The number of esters is 3. The van der Waals surface area contributed by atoms with E-state index in [-0.39, 0.29) is 16.7 Å². The van der Waals surface area contributed by atoms with Crippen LogP contribution in [0.4, 0.5) is 0 Å². The van der Waals surface area contributed by atoms with Crippen molar-refractivity contribution < 1.29 is 43.9 Å². The molecule has 0 heterocycles. The number of carbonyl (C=O) groups excluding carboxylic acids is 3. The number of hydrogen-bond acceptors (Lipinski definition) is 9. The summed E-state index contributed by atoms with van der Waals surface area (Å²) in [6.45, 7) is 1.91. The lowest BCUT2D eigenvalue weighted by Gasteiger charge is -2.11. The average Bonchev–Trinajstić information content (AvgIpc) is 3.45. The standard InChI is InChI=1S/C69H126O9/c70-55-49-43-37-31-25-19-13-7-1-4-10-16-22-28-34-40-46-52-58-76-67(73)64-61-65(68(74)77-59-53-47-41-35-29-23-17-11-5-2-8-14-20-26-32-38-44-50-56-71)63-66(62-64)69(75)78-60-54-48-42-36-30-24-18-12-6-3-9-15-21-27-33-39-45-51-57-72/h61-63,70-72H,1-60H2. The second-order valence-corrected chi connectivity index (χ2v) is 23.5. The van der Waals surface area contributed by atoms with E-state index in [0.717, 1.165) is 77.0 Å². The summed E-state index contributed by atoms with van der Waals surface area (Å²) in [5.74, 6) is -1.60. The van der Waals surface area contributed by atoms with Gasteiger partial charge in [0.2, 0.25) is 0 Å². The van der Waals surface area contributed by atoms with Gasteiger partial charge in [0.15, 0.2) is 0 Å². The lowest BCUT2D eigenvalue weighted by Crippen LogP contribution is -2.14. The Morgan fingerprint density at radius 3 is 0.449 bits per heavy atom. The van der Waals surface area contributed by atoms with Crippen LogP contribution >= 0.6 is 0 Å². The van der Waals surface area contributed by atoms with Crippen molar-refractivity contribution in [3.05, 3.63) is 34.9 Å². The molecule has 9 nitrogen and oxygen atoms in total. The van der Waals surface area contributed by atoms with Crippen molar-refractivity contribution in [2.45, 2.75) is 347 Å². The maximum atomic E-state index is 13.3. The molecule has 0 atom stereocenters. The first-order valence-corrected chi connectivity index (χ1v) is 34.0. The maximum Gasteiger partial charge on any atom is 0.338 e. The first-order chi connectivity index (χ1) is 38.5. The van der Waals surface area contributed by atoms with Crippen LogP contribution in [0.1, 0.15) is 378 Å². The average molecular weight is 1100 g/mol. The van der Waals surface area contributed by atoms with Crippen LogP contribution in [-0.2, 0) is 14.2 Å². The van der Waals surface area contributed by atoms with E-state index in [2.05, 4.69) is 0 Å². The minimum absolute atomic E-state index is 0.177. The Morgan fingerprint density at radius 1 is 0.205 bits per heavy atom. The number of rotatable bonds is 63. The van der Waals surface area contributed by atoms with Crippen LogP contribution in [0.25, 0.3) is 0 Å². The molecular weight excluding hydrogens is 973 g/mol. The van der Waals surface area contributed by atoms with E-state index in [0.29, 0.717) is 39.6 Å². The topological polar surface area (TPSA) is 140 Å². The van der Waals surface area contributed by atoms with Gasteiger partial charge in [0.05, 0.1) is 36.5 Å². The molecule has 0 aliphatic rings. The SMILES string of the molecule is O=C(OCCCCCCCCCCCCCCCCCCCCO)c1cc(C(=O)OCCCCCCCCCCCCCCCCCCCCO)cc(C(=O)OCCCCCCCCCCCCCCCCCCCCO)c1. The highest BCUT2D eigenvalue weighted by molar-refractivity contribution is 6.00. The van der Waals surface area contributed by atoms with Crippen LogP contribution in [0.15, 0.2) is 18.2 Å². The summed E-state index contributed by atoms with van der Waals surface area (Å²) < 4.78 is 17.0. The fourth-order valence-corrected chi connectivity index (χ4v) is 10.9. The van der Waals surface area contributed by atoms with Gasteiger partial charge in [-0.15, -0.1) is 0 Å². The summed E-state index contributed by atoms with van der Waals surface area (Å²) in [6.07, 6.45) is 66.4. The molecule has 0 bridgehead atoms. The third-order valence-electron chi connectivity index (χ3n) is 16.0. The molecule has 0 amide bonds. The third kappa shape index (κ3) is 50.5. The van der Waals surface area contributed by atoms with Crippen LogP contribution in [0, 0.1) is 0 Å². The third-order valence-corrected chi connectivity index (χ3v) is 16.0. The smallest absolute Gasteiger partial charge is 0.338 e. The quantitative estimate of drug-likeness (QED) is 0.0330. The summed E-state index contributed by atoms with van der Waals surface area (Å²) in [4.78, 5) is 40.0. The summed E-state index contributed by atoms with van der Waals surface area (Å²) in [6, 6.07) is 4.51. The molecule has 3 N–H and O–H groups in total. The molecule has 1 aromatic rings. The van der Waals surface area contributed by atoms with E-state index < -0.39 is 17.9 Å². The lowest BCUT2D eigenvalue weighted by molar-refractivity contribution is 0.0494. The second-order valence-electron chi connectivity index (χ2n) is 23.5. The van der Waals surface area contributed by atoms with Gasteiger partial charge in [0.25, 0.3) is 0 Å². The minimum Gasteiger partial charge on any atom is -0.462 e. The Bertz CT molecular complexity index is 1250. The van der Waals surface area contributed by atoms with Gasteiger partial charge in [-0.3, -0.25) is 0 Å². The normalized spacial score (nSPS) is 11.4. The van der Waals surface area contributed by atoms with Crippen molar-refractivity contribution in [3.63, 3.8) is 0 Å². The Kier molecular flexibility index (Phi) is 57.1. The molecule has 0 unspecified atom stereocenters. The second kappa shape index (κ2) is 60.6. The zero-order valence-electron chi connectivity index (χ0n) is 50.9. The highest BCUT2D eigenvalue weighted by Crippen LogP contribution is 2.20. The first-order valence-electron chi connectivity index (χ1n) is 34.0. The van der Waals surface area contributed by atoms with Gasteiger partial charge in [-0.05, 0) is 56.7 Å². The molecule has 0 aliphatic carbocycles. The van der Waals surface area contributed by atoms with Crippen LogP contribution in [-0.4, -0.2) is 72.9 Å². The fraction of sp³-hybridized carbons (Fsp3) is 0.870. The summed E-state index contributed by atoms with van der Waals surface area (Å²) in [7, 11) is 0. The van der Waals surface area contributed by atoms with E-state index in [4.69, 9.17) is 29.5 Å². The van der Waals surface area contributed by atoms with Crippen LogP contribution in [0.3, 0.4) is 0 Å². The van der Waals surface area contributed by atoms with Gasteiger partial charge in [-0.2, -0.15) is 0 Å². The zero-order chi connectivity index (χ0) is 56.1. The van der Waals surface area contributed by atoms with E-state index >= 15 is 0 Å². The Balaban J connectivity index is 2.38. The minimum atomic E-state index is -0.534. The Labute approximate surface area is 481 Å². The van der Waals surface area contributed by atoms with Crippen molar-refractivity contribution >= 4 is 17.9 Å². The number of carbonyl (C=O) groups is 3. The number of aliphatic hydroxyl groups excluding tert-OH is 3. The number of ether oxygens (including phenoxy) is 3. The molecule has 0 spiro atoms. The van der Waals surface area contributed by atoms with Crippen LogP contribution in [0.2, 0.25) is 0 Å². The number of unbranched alkanes of at least 4 members (excludes halogenated alkanes) is 51. The van der Waals surface area contributed by atoms with E-state index in [1.807, 2.05) is 0 Å². The molecular formula is C69H126O9. The van der Waals surface area contributed by atoms with Gasteiger partial charge in [-0.25, -0.2) is 14.4 Å². The molecule has 0 aliphatic heterocycles.